The maximum absolute atomic E-state index is 12.0. The fraction of sp³-hybridized carbons (Fsp3) is 0.417. The van der Waals surface area contributed by atoms with Crippen LogP contribution in [0.2, 0.25) is 0 Å². The summed E-state index contributed by atoms with van der Waals surface area (Å²) in [4.78, 5) is 13.2. The second-order valence-corrected chi connectivity index (χ2v) is 4.19. The summed E-state index contributed by atoms with van der Waals surface area (Å²) >= 11 is 0. The van der Waals surface area contributed by atoms with Gasteiger partial charge in [-0.05, 0) is 37.6 Å². The van der Waals surface area contributed by atoms with Crippen molar-refractivity contribution in [2.45, 2.75) is 32.2 Å². The molecule has 0 aliphatic carbocycles. The number of anilines is 1. The Bertz CT molecular complexity index is 442. The average molecular weight is 259 g/mol. The van der Waals surface area contributed by atoms with Gasteiger partial charge in [0.15, 0.2) is 0 Å². The number of ether oxygens (including phenoxy) is 1. The molecule has 1 amide bonds. The van der Waals surface area contributed by atoms with Crippen molar-refractivity contribution in [3.05, 3.63) is 24.3 Å². The van der Waals surface area contributed by atoms with E-state index in [1.165, 1.54) is 24.3 Å². The van der Waals surface area contributed by atoms with Gasteiger partial charge in [0.1, 0.15) is 5.75 Å². The Hall–Kier alpha value is -1.72. The number of alkyl halides is 3. The van der Waals surface area contributed by atoms with Gasteiger partial charge >= 0.3 is 6.36 Å². The van der Waals surface area contributed by atoms with Crippen molar-refractivity contribution in [2.75, 3.05) is 4.90 Å². The van der Waals surface area contributed by atoms with Crippen LogP contribution in [0.5, 0.6) is 5.75 Å². The van der Waals surface area contributed by atoms with Crippen LogP contribution >= 0.6 is 0 Å². The number of carbonyl (C=O) groups is 1. The zero-order valence-electron chi connectivity index (χ0n) is 9.70. The Morgan fingerprint density at radius 1 is 1.28 bits per heavy atom. The van der Waals surface area contributed by atoms with E-state index < -0.39 is 6.36 Å². The lowest BCUT2D eigenvalue weighted by molar-refractivity contribution is -0.274. The molecule has 6 heteroatoms. The smallest absolute Gasteiger partial charge is 0.406 e. The van der Waals surface area contributed by atoms with E-state index >= 15 is 0 Å². The molecule has 0 radical (unpaired) electrons. The van der Waals surface area contributed by atoms with Crippen LogP contribution in [0, 0.1) is 0 Å². The number of hydrogen-bond acceptors (Lipinski definition) is 2. The second kappa shape index (κ2) is 4.51. The average Bonchev–Trinajstić information content (AvgIpc) is 2.58. The molecule has 1 aliphatic heterocycles. The highest BCUT2D eigenvalue weighted by molar-refractivity contribution is 5.96. The molecule has 0 bridgehead atoms. The lowest BCUT2D eigenvalue weighted by atomic mass is 10.2. The molecule has 1 atom stereocenters. The van der Waals surface area contributed by atoms with Crippen molar-refractivity contribution in [3.63, 3.8) is 0 Å². The molecule has 0 saturated carbocycles. The first-order valence-corrected chi connectivity index (χ1v) is 5.55. The molecule has 0 aromatic heterocycles. The van der Waals surface area contributed by atoms with Crippen LogP contribution < -0.4 is 9.64 Å². The Kier molecular flexibility index (Phi) is 3.19. The lowest BCUT2D eigenvalue weighted by Gasteiger charge is -2.22. The van der Waals surface area contributed by atoms with E-state index in [2.05, 4.69) is 4.74 Å². The molecule has 1 aromatic rings. The van der Waals surface area contributed by atoms with Gasteiger partial charge in [-0.1, -0.05) is 0 Å². The van der Waals surface area contributed by atoms with Crippen molar-refractivity contribution in [1.29, 1.82) is 0 Å². The zero-order chi connectivity index (χ0) is 13.3. The van der Waals surface area contributed by atoms with Gasteiger partial charge in [0.2, 0.25) is 5.91 Å². The first-order chi connectivity index (χ1) is 8.37. The van der Waals surface area contributed by atoms with Gasteiger partial charge in [0.25, 0.3) is 0 Å². The normalized spacial score (nSPS) is 20.3. The Morgan fingerprint density at radius 2 is 1.89 bits per heavy atom. The van der Waals surface area contributed by atoms with Gasteiger partial charge in [-0.3, -0.25) is 4.79 Å². The second-order valence-electron chi connectivity index (χ2n) is 4.19. The molecule has 1 fully saturated rings. The molecular formula is C12H12F3NO2. The number of hydrogen-bond donors (Lipinski definition) is 0. The topological polar surface area (TPSA) is 29.5 Å². The molecule has 3 nitrogen and oxygen atoms in total. The largest absolute Gasteiger partial charge is 0.573 e. The number of benzene rings is 1. The van der Waals surface area contributed by atoms with E-state index in [0.717, 1.165) is 6.42 Å². The van der Waals surface area contributed by atoms with Crippen LogP contribution in [-0.4, -0.2) is 18.3 Å². The maximum Gasteiger partial charge on any atom is 0.573 e. The van der Waals surface area contributed by atoms with Gasteiger partial charge in [-0.15, -0.1) is 13.2 Å². The minimum atomic E-state index is -4.70. The third kappa shape index (κ3) is 2.75. The number of carbonyl (C=O) groups excluding carboxylic acids is 1. The van der Waals surface area contributed by atoms with Gasteiger partial charge in [-0.2, -0.15) is 0 Å². The highest BCUT2D eigenvalue weighted by Crippen LogP contribution is 2.29. The third-order valence-electron chi connectivity index (χ3n) is 2.83. The molecule has 98 valence electrons. The highest BCUT2D eigenvalue weighted by atomic mass is 19.4. The molecule has 1 aliphatic rings. The summed E-state index contributed by atoms with van der Waals surface area (Å²) in [6.07, 6.45) is -3.46. The third-order valence-corrected chi connectivity index (χ3v) is 2.83. The van der Waals surface area contributed by atoms with Gasteiger partial charge < -0.3 is 9.64 Å². The molecule has 0 spiro atoms. The fourth-order valence-electron chi connectivity index (χ4n) is 2.03. The van der Waals surface area contributed by atoms with Gasteiger partial charge in [0.05, 0.1) is 0 Å². The monoisotopic (exact) mass is 259 g/mol. The van der Waals surface area contributed by atoms with E-state index in [1.807, 2.05) is 6.92 Å². The maximum atomic E-state index is 12.0. The summed E-state index contributed by atoms with van der Waals surface area (Å²) in [6.45, 7) is 1.91. The molecule has 1 saturated heterocycles. The zero-order valence-corrected chi connectivity index (χ0v) is 9.70. The molecular weight excluding hydrogens is 247 g/mol. The fourth-order valence-corrected chi connectivity index (χ4v) is 2.03. The molecule has 1 heterocycles. The van der Waals surface area contributed by atoms with Crippen LogP contribution in [0.4, 0.5) is 18.9 Å². The van der Waals surface area contributed by atoms with Crippen LogP contribution in [0.3, 0.4) is 0 Å². The van der Waals surface area contributed by atoms with Crippen LogP contribution in [0.1, 0.15) is 19.8 Å². The van der Waals surface area contributed by atoms with Crippen molar-refractivity contribution < 1.29 is 22.7 Å². The van der Waals surface area contributed by atoms with E-state index in [9.17, 15) is 18.0 Å². The van der Waals surface area contributed by atoms with Crippen LogP contribution in [0.25, 0.3) is 0 Å². The van der Waals surface area contributed by atoms with E-state index in [4.69, 9.17) is 0 Å². The van der Waals surface area contributed by atoms with E-state index in [0.29, 0.717) is 12.1 Å². The summed E-state index contributed by atoms with van der Waals surface area (Å²) < 4.78 is 39.7. The number of nitrogens with zero attached hydrogens (tertiary/aromatic N) is 1. The molecule has 0 N–H and O–H groups in total. The Labute approximate surface area is 102 Å². The first kappa shape index (κ1) is 12.7. The number of amides is 1. The summed E-state index contributed by atoms with van der Waals surface area (Å²) in [6, 6.07) is 5.41. The predicted octanol–water partition coefficient (Wildman–Crippen LogP) is 3.10. The lowest BCUT2D eigenvalue weighted by Crippen LogP contribution is -2.30. The predicted molar refractivity (Wildman–Crippen MR) is 59.3 cm³/mol. The standard InChI is InChI=1S/C12H12F3NO2/c1-8-2-7-11(17)16(8)9-3-5-10(6-4-9)18-12(13,14)15/h3-6,8H,2,7H2,1H3/t8-/m0/s1. The quantitative estimate of drug-likeness (QED) is 0.816. The number of halogens is 3. The van der Waals surface area contributed by atoms with Gasteiger partial charge in [0, 0.05) is 18.2 Å². The Balaban J connectivity index is 2.15. The summed E-state index contributed by atoms with van der Waals surface area (Å²) in [5.74, 6) is -0.294. The molecule has 1 aromatic carbocycles. The van der Waals surface area contributed by atoms with Crippen molar-refractivity contribution >= 4 is 11.6 Å². The summed E-state index contributed by atoms with van der Waals surface area (Å²) in [5, 5.41) is 0. The minimum absolute atomic E-state index is 0.00742. The van der Waals surface area contributed by atoms with Crippen molar-refractivity contribution in [1.82, 2.24) is 0 Å². The van der Waals surface area contributed by atoms with Crippen LogP contribution in [-0.2, 0) is 4.79 Å². The molecule has 0 unspecified atom stereocenters. The highest BCUT2D eigenvalue weighted by Gasteiger charge is 2.32. The summed E-state index contributed by atoms with van der Waals surface area (Å²) in [7, 11) is 0. The molecule has 18 heavy (non-hydrogen) atoms. The van der Waals surface area contributed by atoms with E-state index in [1.54, 1.807) is 4.90 Å². The Morgan fingerprint density at radius 3 is 2.33 bits per heavy atom. The van der Waals surface area contributed by atoms with Crippen molar-refractivity contribution in [2.24, 2.45) is 0 Å². The SMILES string of the molecule is C[C@H]1CCC(=O)N1c1ccc(OC(F)(F)F)cc1. The van der Waals surface area contributed by atoms with Crippen LogP contribution in [0.15, 0.2) is 24.3 Å². The van der Waals surface area contributed by atoms with Crippen molar-refractivity contribution in [3.8, 4) is 5.75 Å². The summed E-state index contributed by atoms with van der Waals surface area (Å²) in [5.41, 5.74) is 0.597. The minimum Gasteiger partial charge on any atom is -0.406 e. The first-order valence-electron chi connectivity index (χ1n) is 5.55. The van der Waals surface area contributed by atoms with E-state index in [-0.39, 0.29) is 17.7 Å². The van der Waals surface area contributed by atoms with Gasteiger partial charge in [-0.25, -0.2) is 0 Å². The number of rotatable bonds is 2. The molecule has 2 rings (SSSR count).